The number of amides is 1. The zero-order chi connectivity index (χ0) is 23.0. The van der Waals surface area contributed by atoms with Crippen LogP contribution in [0, 0.1) is 17.8 Å². The molecule has 2 unspecified atom stereocenters. The lowest BCUT2D eigenvalue weighted by Crippen LogP contribution is -2.37. The molecule has 31 heavy (non-hydrogen) atoms. The van der Waals surface area contributed by atoms with Crippen LogP contribution in [0.25, 0.3) is 0 Å². The van der Waals surface area contributed by atoms with Gasteiger partial charge in [-0.05, 0) is 30.0 Å². The van der Waals surface area contributed by atoms with Gasteiger partial charge in [-0.2, -0.15) is 8.78 Å². The Hall–Kier alpha value is -2.72. The summed E-state index contributed by atoms with van der Waals surface area (Å²) in [5.74, 6) is 0.675. The van der Waals surface area contributed by atoms with Gasteiger partial charge >= 0.3 is 11.9 Å². The SMILES string of the molecule is CCC#CCC(C)C(O)C=C[C@H]1CC(F)(F)C(=O)N1CCc1ccc(C(=O)OC)cc1. The predicted octanol–water partition coefficient (Wildman–Crippen LogP) is 3.61. The maximum atomic E-state index is 14.1. The van der Waals surface area contributed by atoms with Crippen LogP contribution in [-0.4, -0.2) is 53.6 Å². The van der Waals surface area contributed by atoms with Crippen molar-refractivity contribution >= 4 is 11.9 Å². The summed E-state index contributed by atoms with van der Waals surface area (Å²) in [7, 11) is 1.29. The van der Waals surface area contributed by atoms with Gasteiger partial charge in [-0.15, -0.1) is 11.8 Å². The molecule has 3 atom stereocenters. The number of aliphatic hydroxyl groups is 1. The topological polar surface area (TPSA) is 66.8 Å². The van der Waals surface area contributed by atoms with Crippen LogP contribution in [0.5, 0.6) is 0 Å². The number of likely N-dealkylation sites (tertiary alicyclic amines) is 1. The van der Waals surface area contributed by atoms with Gasteiger partial charge in [-0.1, -0.05) is 38.1 Å². The maximum Gasteiger partial charge on any atom is 0.337 e. The number of nitrogens with zero attached hydrogens (tertiary/aromatic N) is 1. The number of carbonyl (C=O) groups excluding carboxylic acids is 2. The van der Waals surface area contributed by atoms with Crippen molar-refractivity contribution < 1.29 is 28.2 Å². The molecule has 0 bridgehead atoms. The Balaban J connectivity index is 2.04. The van der Waals surface area contributed by atoms with Gasteiger partial charge < -0.3 is 14.7 Å². The van der Waals surface area contributed by atoms with E-state index >= 15 is 0 Å². The van der Waals surface area contributed by atoms with E-state index in [0.29, 0.717) is 18.4 Å². The number of aliphatic hydroxyl groups excluding tert-OH is 1. The molecule has 1 fully saturated rings. The Kier molecular flexibility index (Phi) is 8.76. The first-order valence-electron chi connectivity index (χ1n) is 10.4. The predicted molar refractivity (Wildman–Crippen MR) is 114 cm³/mol. The minimum absolute atomic E-state index is 0.106. The fourth-order valence-electron chi connectivity index (χ4n) is 3.35. The number of carbonyl (C=O) groups is 2. The van der Waals surface area contributed by atoms with E-state index in [1.54, 1.807) is 24.3 Å². The van der Waals surface area contributed by atoms with E-state index in [-0.39, 0.29) is 12.5 Å². The second-order valence-electron chi connectivity index (χ2n) is 7.68. The minimum Gasteiger partial charge on any atom is -0.465 e. The highest BCUT2D eigenvalue weighted by Crippen LogP contribution is 2.34. The molecule has 168 valence electrons. The van der Waals surface area contributed by atoms with E-state index in [1.165, 1.54) is 19.3 Å². The molecule has 1 aliphatic heterocycles. The second-order valence-corrected chi connectivity index (χ2v) is 7.68. The number of halogens is 2. The van der Waals surface area contributed by atoms with Crippen molar-refractivity contribution in [1.29, 1.82) is 0 Å². The lowest BCUT2D eigenvalue weighted by molar-refractivity contribution is -0.148. The minimum atomic E-state index is -3.42. The van der Waals surface area contributed by atoms with E-state index in [1.807, 2.05) is 13.8 Å². The van der Waals surface area contributed by atoms with Crippen molar-refractivity contribution in [3.8, 4) is 11.8 Å². The number of benzene rings is 1. The smallest absolute Gasteiger partial charge is 0.337 e. The maximum absolute atomic E-state index is 14.1. The molecule has 0 radical (unpaired) electrons. The van der Waals surface area contributed by atoms with E-state index in [0.717, 1.165) is 16.9 Å². The third kappa shape index (κ3) is 6.63. The fourth-order valence-corrected chi connectivity index (χ4v) is 3.35. The molecule has 0 spiro atoms. The highest BCUT2D eigenvalue weighted by molar-refractivity contribution is 5.89. The van der Waals surface area contributed by atoms with Gasteiger partial charge in [0.2, 0.25) is 0 Å². The van der Waals surface area contributed by atoms with E-state index in [4.69, 9.17) is 0 Å². The molecule has 1 amide bonds. The normalized spacial score (nSPS) is 19.7. The first kappa shape index (κ1) is 24.5. The Morgan fingerprint density at radius 1 is 1.35 bits per heavy atom. The van der Waals surface area contributed by atoms with Crippen molar-refractivity contribution in [2.24, 2.45) is 5.92 Å². The monoisotopic (exact) mass is 433 g/mol. The van der Waals surface area contributed by atoms with E-state index in [2.05, 4.69) is 16.6 Å². The third-order valence-corrected chi connectivity index (χ3v) is 5.30. The summed E-state index contributed by atoms with van der Waals surface area (Å²) in [6.07, 6.45) is 3.13. The summed E-state index contributed by atoms with van der Waals surface area (Å²) in [4.78, 5) is 24.8. The van der Waals surface area contributed by atoms with Crippen molar-refractivity contribution in [1.82, 2.24) is 4.90 Å². The van der Waals surface area contributed by atoms with Crippen LogP contribution in [-0.2, 0) is 16.0 Å². The van der Waals surface area contributed by atoms with Gasteiger partial charge in [0, 0.05) is 25.8 Å². The number of esters is 1. The first-order valence-corrected chi connectivity index (χ1v) is 10.4. The van der Waals surface area contributed by atoms with Crippen LogP contribution < -0.4 is 0 Å². The number of hydrogen-bond acceptors (Lipinski definition) is 4. The first-order chi connectivity index (χ1) is 14.7. The molecule has 2 rings (SSSR count). The summed E-state index contributed by atoms with van der Waals surface area (Å²) in [6, 6.07) is 5.81. The van der Waals surface area contributed by atoms with Crippen LogP contribution in [0.15, 0.2) is 36.4 Å². The molecular formula is C24H29F2NO4. The number of alkyl halides is 2. The molecule has 1 saturated heterocycles. The van der Waals surface area contributed by atoms with Crippen molar-refractivity contribution in [2.75, 3.05) is 13.7 Å². The summed E-state index contributed by atoms with van der Waals surface area (Å²) in [5, 5.41) is 10.3. The zero-order valence-corrected chi connectivity index (χ0v) is 18.1. The molecule has 0 aromatic heterocycles. The largest absolute Gasteiger partial charge is 0.465 e. The van der Waals surface area contributed by atoms with Crippen LogP contribution in [0.2, 0.25) is 0 Å². The van der Waals surface area contributed by atoms with E-state index < -0.39 is 36.4 Å². The molecule has 5 nitrogen and oxygen atoms in total. The highest BCUT2D eigenvalue weighted by atomic mass is 19.3. The number of ether oxygens (including phenoxy) is 1. The summed E-state index contributed by atoms with van der Waals surface area (Å²) in [5.41, 5.74) is 1.20. The van der Waals surface area contributed by atoms with Gasteiger partial charge in [-0.25, -0.2) is 4.79 Å². The van der Waals surface area contributed by atoms with Gasteiger partial charge in [0.05, 0.1) is 24.8 Å². The van der Waals surface area contributed by atoms with E-state index in [9.17, 15) is 23.5 Å². The number of hydrogen-bond donors (Lipinski definition) is 1. The highest BCUT2D eigenvalue weighted by Gasteiger charge is 2.52. The van der Waals surface area contributed by atoms with Gasteiger partial charge in [-0.3, -0.25) is 4.79 Å². The van der Waals surface area contributed by atoms with Crippen molar-refractivity contribution in [3.05, 3.63) is 47.5 Å². The standard InChI is InChI=1S/C24H29F2NO4/c1-4-5-6-7-17(2)21(28)13-12-20-16-24(25,26)23(30)27(20)15-14-18-8-10-19(11-9-18)22(29)31-3/h8-13,17,20-21,28H,4,7,14-16H2,1-3H3/t17?,20-,21?/m0/s1. The molecule has 1 N–H and O–H groups in total. The van der Waals surface area contributed by atoms with Crippen molar-refractivity contribution in [3.63, 3.8) is 0 Å². The zero-order valence-electron chi connectivity index (χ0n) is 18.1. The Bertz CT molecular complexity index is 855. The fraction of sp³-hybridized carbons (Fsp3) is 0.500. The molecule has 7 heteroatoms. The van der Waals surface area contributed by atoms with Gasteiger partial charge in [0.1, 0.15) is 0 Å². The molecule has 0 saturated carbocycles. The number of rotatable bonds is 8. The van der Waals surface area contributed by atoms with Crippen LogP contribution >= 0.6 is 0 Å². The van der Waals surface area contributed by atoms with Gasteiger partial charge in [0.15, 0.2) is 0 Å². The molecule has 1 aromatic carbocycles. The molecule has 1 aliphatic rings. The average Bonchev–Trinajstić information content (AvgIpc) is 2.98. The molecule has 1 aromatic rings. The van der Waals surface area contributed by atoms with Crippen LogP contribution in [0.4, 0.5) is 8.78 Å². The van der Waals surface area contributed by atoms with Crippen LogP contribution in [0.3, 0.4) is 0 Å². The average molecular weight is 433 g/mol. The summed E-state index contributed by atoms with van der Waals surface area (Å²) < 4.78 is 32.8. The summed E-state index contributed by atoms with van der Waals surface area (Å²) in [6.45, 7) is 3.88. The Labute approximate surface area is 182 Å². The lowest BCUT2D eigenvalue weighted by Gasteiger charge is -2.22. The van der Waals surface area contributed by atoms with Crippen LogP contribution in [0.1, 0.15) is 49.0 Å². The second kappa shape index (κ2) is 11.1. The molecule has 0 aliphatic carbocycles. The van der Waals surface area contributed by atoms with Gasteiger partial charge in [0.25, 0.3) is 5.91 Å². The third-order valence-electron chi connectivity index (χ3n) is 5.30. The Morgan fingerprint density at radius 2 is 2.03 bits per heavy atom. The number of methoxy groups -OCH3 is 1. The molecular weight excluding hydrogens is 404 g/mol. The Morgan fingerprint density at radius 3 is 2.65 bits per heavy atom. The lowest BCUT2D eigenvalue weighted by atomic mass is 9.99. The quantitative estimate of drug-likeness (QED) is 0.386. The molecule has 1 heterocycles. The summed E-state index contributed by atoms with van der Waals surface area (Å²) >= 11 is 0. The van der Waals surface area contributed by atoms with Crippen molar-refractivity contribution in [2.45, 2.75) is 57.6 Å².